The maximum absolute atomic E-state index is 14.9. The first-order valence-electron chi connectivity index (χ1n) is 14.0. The Bertz CT molecular complexity index is 1400. The largest absolute Gasteiger partial charge is 0.507 e. The Morgan fingerprint density at radius 1 is 1.02 bits per heavy atom. The van der Waals surface area contributed by atoms with Crippen LogP contribution in [0.4, 0.5) is 25.1 Å². The molecule has 11 nitrogen and oxygen atoms in total. The maximum atomic E-state index is 14.9. The SMILES string of the molecule is CC(C)(C)OC(=O)NCCOCCOc1cc(F)c(CN2CCN(c3cc(-c4ccccc4O)nnc3N)CC2)cc1F. The molecule has 232 valence electrons. The highest BCUT2D eigenvalue weighted by Crippen LogP contribution is 2.32. The number of carbonyl (C=O) groups excluding carboxylic acids is 1. The minimum absolute atomic E-state index is 0.0166. The van der Waals surface area contributed by atoms with Crippen LogP contribution in [0.5, 0.6) is 11.5 Å². The van der Waals surface area contributed by atoms with Crippen molar-refractivity contribution in [3.8, 4) is 22.8 Å². The van der Waals surface area contributed by atoms with Crippen molar-refractivity contribution in [1.29, 1.82) is 0 Å². The molecule has 4 rings (SSSR count). The summed E-state index contributed by atoms with van der Waals surface area (Å²) in [5, 5.41) is 21.0. The summed E-state index contributed by atoms with van der Waals surface area (Å²) in [6.45, 7) is 8.51. The van der Waals surface area contributed by atoms with Crippen molar-refractivity contribution in [2.75, 3.05) is 63.2 Å². The number of carbonyl (C=O) groups is 1. The van der Waals surface area contributed by atoms with Gasteiger partial charge in [-0.05, 0) is 45.0 Å². The molecule has 0 aliphatic carbocycles. The standard InChI is InChI=1S/C30H38F2N6O5/c1-30(2,3)43-29(40)34-8-13-41-14-15-42-27-17-22(31)20(16-23(27)32)19-37-9-11-38(12-10-37)25-18-24(35-36-28(25)33)21-6-4-5-7-26(21)39/h4-7,16-18,39H,8-15,19H2,1-3H3,(H2,33,36)(H,34,40). The number of nitrogens with zero attached hydrogens (tertiary/aromatic N) is 4. The lowest BCUT2D eigenvalue weighted by Gasteiger charge is -2.36. The number of hydrogen-bond acceptors (Lipinski definition) is 10. The monoisotopic (exact) mass is 600 g/mol. The van der Waals surface area contributed by atoms with Crippen molar-refractivity contribution in [2.45, 2.75) is 32.9 Å². The molecule has 0 atom stereocenters. The van der Waals surface area contributed by atoms with Gasteiger partial charge in [0.05, 0.1) is 24.6 Å². The van der Waals surface area contributed by atoms with Crippen molar-refractivity contribution >= 4 is 17.6 Å². The normalized spacial score (nSPS) is 14.0. The van der Waals surface area contributed by atoms with Crippen LogP contribution in [0, 0.1) is 11.6 Å². The van der Waals surface area contributed by atoms with Crippen molar-refractivity contribution in [2.24, 2.45) is 0 Å². The summed E-state index contributed by atoms with van der Waals surface area (Å²) in [6, 6.07) is 10.9. The van der Waals surface area contributed by atoms with Crippen molar-refractivity contribution in [3.63, 3.8) is 0 Å². The van der Waals surface area contributed by atoms with Crippen molar-refractivity contribution in [1.82, 2.24) is 20.4 Å². The van der Waals surface area contributed by atoms with Crippen molar-refractivity contribution in [3.05, 3.63) is 59.7 Å². The van der Waals surface area contributed by atoms with Crippen LogP contribution < -0.4 is 20.7 Å². The second-order valence-corrected chi connectivity index (χ2v) is 11.0. The topological polar surface area (TPSA) is 135 Å². The highest BCUT2D eigenvalue weighted by Gasteiger charge is 2.23. The number of phenols is 1. The molecule has 4 N–H and O–H groups in total. The number of ether oxygens (including phenoxy) is 3. The fourth-order valence-electron chi connectivity index (χ4n) is 4.51. The number of halogens is 2. The number of aromatic nitrogens is 2. The second-order valence-electron chi connectivity index (χ2n) is 11.0. The lowest BCUT2D eigenvalue weighted by molar-refractivity contribution is 0.0488. The minimum Gasteiger partial charge on any atom is -0.507 e. The molecule has 1 aromatic heterocycles. The molecule has 1 saturated heterocycles. The molecule has 0 bridgehead atoms. The van der Waals surface area contributed by atoms with E-state index in [4.69, 9.17) is 19.9 Å². The van der Waals surface area contributed by atoms with E-state index >= 15 is 0 Å². The minimum atomic E-state index is -0.658. The van der Waals surface area contributed by atoms with Gasteiger partial charge in [0.15, 0.2) is 17.4 Å². The fourth-order valence-corrected chi connectivity index (χ4v) is 4.51. The zero-order valence-corrected chi connectivity index (χ0v) is 24.6. The van der Waals surface area contributed by atoms with Gasteiger partial charge in [-0.1, -0.05) is 12.1 Å². The summed E-state index contributed by atoms with van der Waals surface area (Å²) in [5.41, 5.74) is 7.53. The number of rotatable bonds is 11. The lowest BCUT2D eigenvalue weighted by atomic mass is 10.1. The summed E-state index contributed by atoms with van der Waals surface area (Å²) in [7, 11) is 0. The smallest absolute Gasteiger partial charge is 0.407 e. The molecule has 0 radical (unpaired) electrons. The van der Waals surface area contributed by atoms with E-state index in [9.17, 15) is 18.7 Å². The Morgan fingerprint density at radius 3 is 2.49 bits per heavy atom. The van der Waals surface area contributed by atoms with Gasteiger partial charge in [-0.25, -0.2) is 13.6 Å². The van der Waals surface area contributed by atoms with Crippen LogP contribution in [0.15, 0.2) is 42.5 Å². The first kappa shape index (κ1) is 31.7. The fraction of sp³-hybridized carbons (Fsp3) is 0.433. The van der Waals surface area contributed by atoms with E-state index in [0.29, 0.717) is 43.1 Å². The number of benzene rings is 2. The highest BCUT2D eigenvalue weighted by molar-refractivity contribution is 5.74. The lowest BCUT2D eigenvalue weighted by Crippen LogP contribution is -2.46. The average Bonchev–Trinajstić information content (AvgIpc) is 2.95. The van der Waals surface area contributed by atoms with Crippen LogP contribution >= 0.6 is 0 Å². The molecule has 13 heteroatoms. The van der Waals surface area contributed by atoms with Crippen LogP contribution in [-0.2, 0) is 16.0 Å². The molecule has 3 aromatic rings. The number of amides is 1. The van der Waals surface area contributed by atoms with Gasteiger partial charge in [-0.3, -0.25) is 4.90 Å². The van der Waals surface area contributed by atoms with Gasteiger partial charge >= 0.3 is 6.09 Å². The summed E-state index contributed by atoms with van der Waals surface area (Å²) in [6.07, 6.45) is -0.540. The van der Waals surface area contributed by atoms with E-state index in [-0.39, 0.29) is 55.8 Å². The third-order valence-electron chi connectivity index (χ3n) is 6.59. The molecule has 1 aliphatic heterocycles. The number of phenolic OH excluding ortho intramolecular Hbond substituents is 1. The predicted molar refractivity (Wildman–Crippen MR) is 158 cm³/mol. The average molecular weight is 601 g/mol. The zero-order valence-electron chi connectivity index (χ0n) is 24.6. The Balaban J connectivity index is 1.23. The predicted octanol–water partition coefficient (Wildman–Crippen LogP) is 3.95. The Kier molecular flexibility index (Phi) is 10.5. The zero-order chi connectivity index (χ0) is 31.0. The molecule has 2 aromatic carbocycles. The number of piperazine rings is 1. The molecular weight excluding hydrogens is 562 g/mol. The molecule has 0 unspecified atom stereocenters. The second kappa shape index (κ2) is 14.3. The summed E-state index contributed by atoms with van der Waals surface area (Å²) in [5.74, 6) is -1.03. The first-order valence-corrected chi connectivity index (χ1v) is 14.0. The summed E-state index contributed by atoms with van der Waals surface area (Å²) >= 11 is 0. The molecule has 0 spiro atoms. The number of nitrogens with two attached hydrogens (primary N) is 1. The molecule has 2 heterocycles. The van der Waals surface area contributed by atoms with E-state index in [1.807, 2.05) is 4.90 Å². The Morgan fingerprint density at radius 2 is 1.77 bits per heavy atom. The van der Waals surface area contributed by atoms with Gasteiger partial charge in [-0.15, -0.1) is 10.2 Å². The van der Waals surface area contributed by atoms with E-state index < -0.39 is 23.3 Å². The van der Waals surface area contributed by atoms with Gasteiger partial charge in [0.1, 0.15) is 23.8 Å². The van der Waals surface area contributed by atoms with E-state index in [0.717, 1.165) is 12.1 Å². The number of anilines is 2. The van der Waals surface area contributed by atoms with Gasteiger partial charge in [0.25, 0.3) is 0 Å². The van der Waals surface area contributed by atoms with Crippen molar-refractivity contribution < 1.29 is 32.9 Å². The van der Waals surface area contributed by atoms with Gasteiger partial charge in [-0.2, -0.15) is 0 Å². The Labute approximate surface area is 249 Å². The number of para-hydroxylation sites is 1. The molecule has 0 saturated carbocycles. The molecule has 43 heavy (non-hydrogen) atoms. The van der Waals surface area contributed by atoms with E-state index in [1.165, 1.54) is 0 Å². The van der Waals surface area contributed by atoms with E-state index in [2.05, 4.69) is 20.4 Å². The number of aromatic hydroxyl groups is 1. The summed E-state index contributed by atoms with van der Waals surface area (Å²) < 4.78 is 45.4. The number of nitrogens with one attached hydrogen (secondary N) is 1. The van der Waals surface area contributed by atoms with E-state index in [1.54, 1.807) is 51.1 Å². The van der Waals surface area contributed by atoms with Crippen LogP contribution in [0.3, 0.4) is 0 Å². The third-order valence-corrected chi connectivity index (χ3v) is 6.59. The molecular formula is C30H38F2N6O5. The number of nitrogen functional groups attached to an aromatic ring is 1. The van der Waals surface area contributed by atoms with Crippen LogP contribution in [0.1, 0.15) is 26.3 Å². The number of hydrogen-bond donors (Lipinski definition) is 3. The third kappa shape index (κ3) is 9.13. The molecule has 1 amide bonds. The van der Waals surface area contributed by atoms with Gasteiger partial charge in [0.2, 0.25) is 0 Å². The molecule has 1 fully saturated rings. The molecule has 1 aliphatic rings. The maximum Gasteiger partial charge on any atom is 0.407 e. The highest BCUT2D eigenvalue weighted by atomic mass is 19.1. The van der Waals surface area contributed by atoms with Gasteiger partial charge < -0.3 is 35.3 Å². The quantitative estimate of drug-likeness (QED) is 0.278. The number of alkyl carbamates (subject to hydrolysis) is 1. The van der Waals surface area contributed by atoms with Gasteiger partial charge in [0, 0.05) is 56.5 Å². The van der Waals surface area contributed by atoms with Crippen LogP contribution in [0.2, 0.25) is 0 Å². The van der Waals surface area contributed by atoms with Crippen LogP contribution in [0.25, 0.3) is 11.3 Å². The summed E-state index contributed by atoms with van der Waals surface area (Å²) in [4.78, 5) is 15.7. The van der Waals surface area contributed by atoms with Crippen LogP contribution in [-0.4, -0.2) is 84.4 Å². The first-order chi connectivity index (χ1) is 20.5. The Hall–Kier alpha value is -4.23.